The van der Waals surface area contributed by atoms with Crippen LogP contribution in [0.2, 0.25) is 0 Å². The Morgan fingerprint density at radius 3 is 1.39 bits per heavy atom. The van der Waals surface area contributed by atoms with Crippen molar-refractivity contribution in [1.82, 2.24) is 0 Å². The summed E-state index contributed by atoms with van der Waals surface area (Å²) in [6, 6.07) is 33.9. The fraction of sp³-hybridized carbons (Fsp3) is 0.200. The third-order valence-electron chi connectivity index (χ3n) is 6.93. The first kappa shape index (κ1) is 20.1. The van der Waals surface area contributed by atoms with Crippen molar-refractivity contribution in [3.05, 3.63) is 130 Å². The van der Waals surface area contributed by atoms with E-state index in [2.05, 4.69) is 84.9 Å². The lowest BCUT2D eigenvalue weighted by atomic mass is 10.1. The molecule has 0 unspecified atom stereocenters. The van der Waals surface area contributed by atoms with Gasteiger partial charge in [0.15, 0.2) is 0 Å². The maximum Gasteiger partial charge on any atom is 0.129 e. The smallest absolute Gasteiger partial charge is 0.129 e. The van der Waals surface area contributed by atoms with Gasteiger partial charge < -0.3 is 14.0 Å². The molecule has 0 N–H and O–H groups in total. The molecule has 2 heterocycles. The predicted molar refractivity (Wildman–Crippen MR) is 130 cm³/mol. The van der Waals surface area contributed by atoms with Crippen LogP contribution in [-0.2, 0) is 39.4 Å². The third kappa shape index (κ3) is 4.01. The fourth-order valence-electron chi connectivity index (χ4n) is 5.35. The lowest BCUT2D eigenvalue weighted by Crippen LogP contribution is -2.36. The zero-order valence-electron chi connectivity index (χ0n) is 18.7. The van der Waals surface area contributed by atoms with Crippen LogP contribution in [-0.4, -0.2) is 4.48 Å². The molecule has 0 saturated heterocycles. The summed E-state index contributed by atoms with van der Waals surface area (Å²) >= 11 is 0. The van der Waals surface area contributed by atoms with Gasteiger partial charge in [-0.3, -0.25) is 0 Å². The van der Waals surface area contributed by atoms with Gasteiger partial charge in [-0.25, -0.2) is 0 Å². The minimum Gasteiger partial charge on any atom is -0.488 e. The normalized spacial score (nSPS) is 15.3. The molecule has 3 heteroatoms. The molecule has 0 radical (unpaired) electrons. The van der Waals surface area contributed by atoms with Gasteiger partial charge in [0.1, 0.15) is 50.9 Å². The standard InChI is InChI=1S/C30H28NO2/c1-3-9-23(10-4-1)21-32-29-15-7-13-25-17-31(19-27(25)29)18-26-14-8-16-30(28(26)20-31)33-22-24-11-5-2-6-12-24/h1-16H,17-22H2/q+1. The predicted octanol–water partition coefficient (Wildman–Crippen LogP) is 6.39. The highest BCUT2D eigenvalue weighted by Crippen LogP contribution is 2.45. The van der Waals surface area contributed by atoms with Crippen molar-refractivity contribution in [3.63, 3.8) is 0 Å². The van der Waals surface area contributed by atoms with Crippen molar-refractivity contribution >= 4 is 0 Å². The number of hydrogen-bond donors (Lipinski definition) is 0. The second-order valence-corrected chi connectivity index (χ2v) is 9.31. The number of benzene rings is 4. The number of rotatable bonds is 6. The van der Waals surface area contributed by atoms with Crippen LogP contribution in [0.5, 0.6) is 11.5 Å². The molecule has 0 bridgehead atoms. The second kappa shape index (κ2) is 8.42. The summed E-state index contributed by atoms with van der Waals surface area (Å²) in [6.07, 6.45) is 0. The average Bonchev–Trinajstić information content (AvgIpc) is 3.41. The van der Waals surface area contributed by atoms with Crippen LogP contribution in [0.4, 0.5) is 0 Å². The highest BCUT2D eigenvalue weighted by atomic mass is 16.5. The zero-order valence-corrected chi connectivity index (χ0v) is 18.7. The Morgan fingerprint density at radius 1 is 0.485 bits per heavy atom. The monoisotopic (exact) mass is 434 g/mol. The lowest BCUT2D eigenvalue weighted by Gasteiger charge is -2.28. The molecule has 4 aromatic carbocycles. The lowest BCUT2D eigenvalue weighted by molar-refractivity contribution is -0.966. The maximum atomic E-state index is 6.29. The molecule has 4 aromatic rings. The Hall–Kier alpha value is -3.56. The quantitative estimate of drug-likeness (QED) is 0.328. The van der Waals surface area contributed by atoms with Crippen LogP contribution in [0.3, 0.4) is 0 Å². The molecule has 1 spiro atoms. The van der Waals surface area contributed by atoms with Crippen molar-refractivity contribution in [1.29, 1.82) is 0 Å². The van der Waals surface area contributed by atoms with Crippen LogP contribution >= 0.6 is 0 Å². The second-order valence-electron chi connectivity index (χ2n) is 9.31. The van der Waals surface area contributed by atoms with Crippen molar-refractivity contribution in [3.8, 4) is 11.5 Å². The van der Waals surface area contributed by atoms with E-state index in [4.69, 9.17) is 9.47 Å². The molecule has 6 rings (SSSR count). The van der Waals surface area contributed by atoms with E-state index in [0.717, 1.165) is 42.2 Å². The van der Waals surface area contributed by atoms with Gasteiger partial charge in [-0.15, -0.1) is 0 Å². The summed E-state index contributed by atoms with van der Waals surface area (Å²) in [5.74, 6) is 2.06. The van der Waals surface area contributed by atoms with E-state index >= 15 is 0 Å². The Balaban J connectivity index is 1.20. The topological polar surface area (TPSA) is 18.5 Å². The Bertz CT molecular complexity index is 1170. The van der Waals surface area contributed by atoms with E-state index in [-0.39, 0.29) is 0 Å². The number of fused-ring (bicyclic) bond motifs is 2. The van der Waals surface area contributed by atoms with Gasteiger partial charge >= 0.3 is 0 Å². The highest BCUT2D eigenvalue weighted by Gasteiger charge is 2.43. The van der Waals surface area contributed by atoms with Crippen LogP contribution in [0.1, 0.15) is 33.4 Å². The first-order valence-corrected chi connectivity index (χ1v) is 11.7. The van der Waals surface area contributed by atoms with Gasteiger partial charge in [-0.1, -0.05) is 84.9 Å². The Morgan fingerprint density at radius 2 is 0.939 bits per heavy atom. The molecule has 0 saturated carbocycles. The molecule has 2 aliphatic rings. The first-order valence-electron chi connectivity index (χ1n) is 11.7. The van der Waals surface area contributed by atoms with Crippen LogP contribution in [0.15, 0.2) is 97.1 Å². The maximum absolute atomic E-state index is 6.29. The molecule has 2 aliphatic heterocycles. The molecular weight excluding hydrogens is 406 g/mol. The molecule has 0 aliphatic carbocycles. The highest BCUT2D eigenvalue weighted by molar-refractivity contribution is 5.44. The summed E-state index contributed by atoms with van der Waals surface area (Å²) in [6.45, 7) is 5.32. The van der Waals surface area contributed by atoms with Gasteiger partial charge in [-0.05, 0) is 23.3 Å². The number of hydrogen-bond acceptors (Lipinski definition) is 2. The summed E-state index contributed by atoms with van der Waals surface area (Å²) in [7, 11) is 0. The van der Waals surface area contributed by atoms with Gasteiger partial charge in [0, 0.05) is 11.1 Å². The van der Waals surface area contributed by atoms with Gasteiger partial charge in [0.05, 0.1) is 11.1 Å². The van der Waals surface area contributed by atoms with Gasteiger partial charge in [0.25, 0.3) is 0 Å². The Kier molecular flexibility index (Phi) is 5.12. The van der Waals surface area contributed by atoms with E-state index in [1.54, 1.807) is 0 Å². The van der Waals surface area contributed by atoms with Crippen LogP contribution in [0.25, 0.3) is 0 Å². The summed E-state index contributed by atoms with van der Waals surface area (Å²) in [5.41, 5.74) is 7.97. The molecule has 0 aromatic heterocycles. The summed E-state index contributed by atoms with van der Waals surface area (Å²) < 4.78 is 13.6. The van der Waals surface area contributed by atoms with Crippen molar-refractivity contribution in [2.75, 3.05) is 0 Å². The zero-order chi connectivity index (χ0) is 22.1. The summed E-state index contributed by atoms with van der Waals surface area (Å²) in [4.78, 5) is 0. The number of nitrogens with zero attached hydrogens (tertiary/aromatic N) is 1. The number of ether oxygens (including phenoxy) is 2. The van der Waals surface area contributed by atoms with E-state index in [1.165, 1.54) is 33.4 Å². The average molecular weight is 435 g/mol. The molecule has 164 valence electrons. The van der Waals surface area contributed by atoms with Crippen molar-refractivity contribution < 1.29 is 14.0 Å². The van der Waals surface area contributed by atoms with Crippen LogP contribution < -0.4 is 9.47 Å². The molecular formula is C30H28NO2+. The van der Waals surface area contributed by atoms with E-state index in [0.29, 0.717) is 13.2 Å². The minimum absolute atomic E-state index is 0.606. The van der Waals surface area contributed by atoms with Crippen molar-refractivity contribution in [2.45, 2.75) is 39.4 Å². The van der Waals surface area contributed by atoms with Crippen LogP contribution in [0, 0.1) is 0 Å². The molecule has 33 heavy (non-hydrogen) atoms. The molecule has 0 amide bonds. The molecule has 3 nitrogen and oxygen atoms in total. The van der Waals surface area contributed by atoms with E-state index in [1.807, 2.05) is 12.1 Å². The first-order chi connectivity index (χ1) is 16.3. The van der Waals surface area contributed by atoms with Crippen molar-refractivity contribution in [2.24, 2.45) is 0 Å². The van der Waals surface area contributed by atoms with E-state index < -0.39 is 0 Å². The molecule has 0 atom stereocenters. The SMILES string of the molecule is c1ccc(COc2cccc3c2C[N+]2(C3)Cc3cccc(OCc4ccccc4)c3C2)cc1. The fourth-order valence-corrected chi connectivity index (χ4v) is 5.35. The minimum atomic E-state index is 0.606. The Labute approximate surface area is 195 Å². The van der Waals surface area contributed by atoms with Gasteiger partial charge in [-0.2, -0.15) is 0 Å². The largest absolute Gasteiger partial charge is 0.488 e. The van der Waals surface area contributed by atoms with Gasteiger partial charge in [0.2, 0.25) is 0 Å². The van der Waals surface area contributed by atoms with E-state index in [9.17, 15) is 0 Å². The third-order valence-corrected chi connectivity index (χ3v) is 6.93. The molecule has 0 fully saturated rings. The summed E-state index contributed by atoms with van der Waals surface area (Å²) in [5, 5.41) is 0. The number of quaternary nitrogens is 1.